The van der Waals surface area contributed by atoms with E-state index in [4.69, 9.17) is 4.74 Å². The lowest BCUT2D eigenvalue weighted by atomic mass is 10.1. The van der Waals surface area contributed by atoms with Crippen LogP contribution in [0.2, 0.25) is 0 Å². The zero-order chi connectivity index (χ0) is 15.4. The molecule has 0 aliphatic rings. The minimum atomic E-state index is -0.0186. The lowest BCUT2D eigenvalue weighted by Crippen LogP contribution is -2.12. The highest BCUT2D eigenvalue weighted by Crippen LogP contribution is 2.25. The quantitative estimate of drug-likeness (QED) is 0.778. The molecule has 2 aromatic carbocycles. The van der Waals surface area contributed by atoms with Crippen molar-refractivity contribution in [2.75, 3.05) is 12.4 Å². The molecular formula is C17H16N2O2S. The second kappa shape index (κ2) is 6.58. The zero-order valence-corrected chi connectivity index (χ0v) is 13.0. The predicted octanol–water partition coefficient (Wildman–Crippen LogP) is 3.88. The smallest absolute Gasteiger partial charge is 0.226 e. The number of ether oxygens (including phenoxy) is 1. The fourth-order valence-corrected chi connectivity index (χ4v) is 3.04. The van der Waals surface area contributed by atoms with E-state index < -0.39 is 0 Å². The molecule has 5 heteroatoms. The van der Waals surface area contributed by atoms with E-state index in [2.05, 4.69) is 10.3 Å². The van der Waals surface area contributed by atoms with Crippen molar-refractivity contribution in [1.82, 2.24) is 4.98 Å². The molecule has 1 amide bonds. The van der Waals surface area contributed by atoms with E-state index in [9.17, 15) is 4.79 Å². The number of rotatable bonds is 5. The zero-order valence-electron chi connectivity index (χ0n) is 12.2. The van der Waals surface area contributed by atoms with Crippen molar-refractivity contribution in [1.29, 1.82) is 0 Å². The Morgan fingerprint density at radius 2 is 1.95 bits per heavy atom. The van der Waals surface area contributed by atoms with Crippen LogP contribution >= 0.6 is 11.3 Å². The summed E-state index contributed by atoms with van der Waals surface area (Å²) in [5.41, 5.74) is 2.03. The second-order valence-corrected chi connectivity index (χ2v) is 5.91. The maximum absolute atomic E-state index is 12.0. The average Bonchev–Trinajstić information content (AvgIpc) is 2.95. The van der Waals surface area contributed by atoms with Gasteiger partial charge in [-0.15, -0.1) is 0 Å². The Morgan fingerprint density at radius 3 is 2.68 bits per heavy atom. The number of hydrogen-bond acceptors (Lipinski definition) is 4. The summed E-state index contributed by atoms with van der Waals surface area (Å²) in [5, 5.41) is 3.52. The van der Waals surface area contributed by atoms with E-state index in [1.165, 1.54) is 11.3 Å². The van der Waals surface area contributed by atoms with Crippen LogP contribution in [0.4, 0.5) is 5.13 Å². The molecule has 0 spiro atoms. The number of aromatic nitrogens is 1. The number of nitrogens with one attached hydrogen (secondary N) is 1. The number of anilines is 1. The van der Waals surface area contributed by atoms with E-state index in [-0.39, 0.29) is 5.91 Å². The van der Waals surface area contributed by atoms with Gasteiger partial charge in [0.15, 0.2) is 5.13 Å². The van der Waals surface area contributed by atoms with Crippen molar-refractivity contribution in [3.05, 3.63) is 54.1 Å². The highest BCUT2D eigenvalue weighted by atomic mass is 32.1. The third kappa shape index (κ3) is 3.43. The third-order valence-electron chi connectivity index (χ3n) is 3.34. The van der Waals surface area contributed by atoms with Crippen LogP contribution in [0.5, 0.6) is 5.75 Å². The lowest BCUT2D eigenvalue weighted by Gasteiger charge is -2.03. The molecule has 22 heavy (non-hydrogen) atoms. The maximum atomic E-state index is 12.0. The minimum Gasteiger partial charge on any atom is -0.497 e. The molecular weight excluding hydrogens is 296 g/mol. The number of benzene rings is 2. The molecule has 4 nitrogen and oxygen atoms in total. The molecule has 0 radical (unpaired) electrons. The fraction of sp³-hybridized carbons (Fsp3) is 0.176. The Balaban J connectivity index is 1.57. The maximum Gasteiger partial charge on any atom is 0.226 e. The lowest BCUT2D eigenvalue weighted by molar-refractivity contribution is -0.116. The van der Waals surface area contributed by atoms with E-state index in [1.807, 2.05) is 48.5 Å². The van der Waals surface area contributed by atoms with Crippen molar-refractivity contribution in [3.63, 3.8) is 0 Å². The van der Waals surface area contributed by atoms with E-state index in [0.717, 1.165) is 21.5 Å². The Kier molecular flexibility index (Phi) is 4.34. The summed E-state index contributed by atoms with van der Waals surface area (Å²) in [4.78, 5) is 16.4. The van der Waals surface area contributed by atoms with E-state index in [0.29, 0.717) is 18.0 Å². The topological polar surface area (TPSA) is 51.2 Å². The number of para-hydroxylation sites is 1. The average molecular weight is 312 g/mol. The summed E-state index contributed by atoms with van der Waals surface area (Å²) in [7, 11) is 1.64. The molecule has 0 fully saturated rings. The molecule has 1 heterocycles. The Hall–Kier alpha value is -2.40. The first-order chi connectivity index (χ1) is 10.7. The molecule has 0 atom stereocenters. The second-order valence-electron chi connectivity index (χ2n) is 4.88. The first kappa shape index (κ1) is 14.5. The molecule has 3 aromatic rings. The van der Waals surface area contributed by atoms with Gasteiger partial charge in [0.25, 0.3) is 0 Å². The van der Waals surface area contributed by atoms with Gasteiger partial charge in [-0.2, -0.15) is 0 Å². The summed E-state index contributed by atoms with van der Waals surface area (Å²) >= 11 is 1.49. The number of fused-ring (bicyclic) bond motifs is 1. The van der Waals surface area contributed by atoms with Gasteiger partial charge in [-0.05, 0) is 36.2 Å². The standard InChI is InChI=1S/C17H16N2O2S/c1-21-13-9-6-12(7-10-13)8-11-16(20)19-17-18-14-4-2-3-5-15(14)22-17/h2-7,9-10H,8,11H2,1H3,(H,18,19,20). The van der Waals surface area contributed by atoms with Crippen LogP contribution in [0.25, 0.3) is 10.2 Å². The van der Waals surface area contributed by atoms with Crippen molar-refractivity contribution in [2.45, 2.75) is 12.8 Å². The molecule has 0 saturated heterocycles. The van der Waals surface area contributed by atoms with Crippen LogP contribution in [-0.2, 0) is 11.2 Å². The number of thiazole rings is 1. The van der Waals surface area contributed by atoms with Crippen LogP contribution in [0, 0.1) is 0 Å². The molecule has 0 aliphatic carbocycles. The van der Waals surface area contributed by atoms with Crippen molar-refractivity contribution < 1.29 is 9.53 Å². The van der Waals surface area contributed by atoms with Crippen LogP contribution < -0.4 is 10.1 Å². The van der Waals surface area contributed by atoms with Crippen LogP contribution in [0.1, 0.15) is 12.0 Å². The first-order valence-electron chi connectivity index (χ1n) is 7.03. The Bertz CT molecular complexity index is 748. The fourth-order valence-electron chi connectivity index (χ4n) is 2.16. The van der Waals surface area contributed by atoms with E-state index in [1.54, 1.807) is 7.11 Å². The van der Waals surface area contributed by atoms with E-state index >= 15 is 0 Å². The molecule has 0 aliphatic heterocycles. The normalized spacial score (nSPS) is 10.6. The van der Waals surface area contributed by atoms with Crippen molar-refractivity contribution >= 4 is 32.6 Å². The third-order valence-corrected chi connectivity index (χ3v) is 4.29. The number of methoxy groups -OCH3 is 1. The molecule has 1 aromatic heterocycles. The Morgan fingerprint density at radius 1 is 1.18 bits per heavy atom. The monoisotopic (exact) mass is 312 g/mol. The molecule has 0 unspecified atom stereocenters. The minimum absolute atomic E-state index is 0.0186. The van der Waals surface area contributed by atoms with Crippen LogP contribution in [-0.4, -0.2) is 18.0 Å². The molecule has 1 N–H and O–H groups in total. The van der Waals surface area contributed by atoms with Crippen molar-refractivity contribution in [3.8, 4) is 5.75 Å². The largest absolute Gasteiger partial charge is 0.497 e. The molecule has 3 rings (SSSR count). The highest BCUT2D eigenvalue weighted by molar-refractivity contribution is 7.22. The summed E-state index contributed by atoms with van der Waals surface area (Å²) in [6.07, 6.45) is 1.13. The van der Waals surface area contributed by atoms with Gasteiger partial charge in [0.05, 0.1) is 17.3 Å². The van der Waals surface area contributed by atoms with Gasteiger partial charge in [0.1, 0.15) is 5.75 Å². The Labute approximate surface area is 132 Å². The van der Waals surface area contributed by atoms with Gasteiger partial charge >= 0.3 is 0 Å². The molecule has 112 valence electrons. The van der Waals surface area contributed by atoms with Crippen LogP contribution in [0.15, 0.2) is 48.5 Å². The highest BCUT2D eigenvalue weighted by Gasteiger charge is 2.07. The SMILES string of the molecule is COc1ccc(CCC(=O)Nc2nc3ccccc3s2)cc1. The van der Waals surface area contributed by atoms with Gasteiger partial charge in [0.2, 0.25) is 5.91 Å². The number of amides is 1. The predicted molar refractivity (Wildman–Crippen MR) is 89.6 cm³/mol. The van der Waals surface area contributed by atoms with Gasteiger partial charge in [-0.25, -0.2) is 4.98 Å². The number of nitrogens with zero attached hydrogens (tertiary/aromatic N) is 1. The van der Waals surface area contributed by atoms with Gasteiger partial charge in [0, 0.05) is 6.42 Å². The number of carbonyl (C=O) groups excluding carboxylic acids is 1. The summed E-state index contributed by atoms with van der Waals surface area (Å²) in [6.45, 7) is 0. The molecule has 0 saturated carbocycles. The van der Waals surface area contributed by atoms with Gasteiger partial charge in [-0.1, -0.05) is 35.6 Å². The first-order valence-corrected chi connectivity index (χ1v) is 7.84. The van der Waals surface area contributed by atoms with Crippen LogP contribution in [0.3, 0.4) is 0 Å². The summed E-state index contributed by atoms with van der Waals surface area (Å²) in [5.74, 6) is 0.803. The van der Waals surface area contributed by atoms with Crippen molar-refractivity contribution in [2.24, 2.45) is 0 Å². The van der Waals surface area contributed by atoms with Gasteiger partial charge < -0.3 is 10.1 Å². The van der Waals surface area contributed by atoms with Gasteiger partial charge in [-0.3, -0.25) is 4.79 Å². The molecule has 0 bridgehead atoms. The number of carbonyl (C=O) groups is 1. The number of aryl methyl sites for hydroxylation is 1. The summed E-state index contributed by atoms with van der Waals surface area (Å²) < 4.78 is 6.19. The summed E-state index contributed by atoms with van der Waals surface area (Å²) in [6, 6.07) is 15.6. The number of hydrogen-bond donors (Lipinski definition) is 1.